The summed E-state index contributed by atoms with van der Waals surface area (Å²) in [5.41, 5.74) is 8.98. The zero-order chi connectivity index (χ0) is 18.4. The molecule has 3 aromatic carbocycles. The maximum Gasteiger partial charge on any atom is 0.311 e. The second-order valence-corrected chi connectivity index (χ2v) is 6.14. The Morgan fingerprint density at radius 2 is 1.58 bits per heavy atom. The van der Waals surface area contributed by atoms with E-state index in [0.29, 0.717) is 24.5 Å². The highest BCUT2D eigenvalue weighted by Gasteiger charge is 2.22. The van der Waals surface area contributed by atoms with E-state index in [2.05, 4.69) is 0 Å². The highest BCUT2D eigenvalue weighted by Crippen LogP contribution is 2.28. The lowest BCUT2D eigenvalue weighted by atomic mass is 9.91. The number of ether oxygens (including phenoxy) is 1. The van der Waals surface area contributed by atoms with Gasteiger partial charge in [0.15, 0.2) is 0 Å². The molecule has 0 saturated carbocycles. The van der Waals surface area contributed by atoms with E-state index in [1.165, 1.54) is 0 Å². The van der Waals surface area contributed by atoms with Gasteiger partial charge >= 0.3 is 5.97 Å². The van der Waals surface area contributed by atoms with E-state index >= 15 is 0 Å². The third kappa shape index (κ3) is 4.42. The summed E-state index contributed by atoms with van der Waals surface area (Å²) in [6, 6.07) is 24.4. The van der Waals surface area contributed by atoms with Crippen LogP contribution in [0.1, 0.15) is 22.6 Å². The topological polar surface area (TPSA) is 72.5 Å². The first-order chi connectivity index (χ1) is 12.6. The molecule has 3 N–H and O–H groups in total. The van der Waals surface area contributed by atoms with Gasteiger partial charge in [-0.15, -0.1) is 0 Å². The number of carbonyl (C=O) groups is 1. The van der Waals surface area contributed by atoms with Crippen LogP contribution in [0.25, 0.3) is 0 Å². The number of aliphatic carboxylic acids is 1. The van der Waals surface area contributed by atoms with Crippen molar-refractivity contribution in [1.29, 1.82) is 0 Å². The molecule has 0 aromatic heterocycles. The highest BCUT2D eigenvalue weighted by molar-refractivity contribution is 5.77. The molecule has 4 nitrogen and oxygen atoms in total. The molecule has 3 rings (SSSR count). The number of nitrogens with two attached hydrogens (primary N) is 1. The molecule has 0 heterocycles. The molecule has 132 valence electrons. The Kier molecular flexibility index (Phi) is 5.54. The van der Waals surface area contributed by atoms with Gasteiger partial charge in [0.1, 0.15) is 12.4 Å². The molecule has 1 atom stereocenters. The van der Waals surface area contributed by atoms with Crippen LogP contribution >= 0.6 is 0 Å². The van der Waals surface area contributed by atoms with Crippen LogP contribution in [0.2, 0.25) is 0 Å². The lowest BCUT2D eigenvalue weighted by Crippen LogP contribution is -2.15. The average molecular weight is 347 g/mol. The van der Waals surface area contributed by atoms with E-state index in [0.717, 1.165) is 16.7 Å². The predicted octanol–water partition coefficient (Wildman–Crippen LogP) is 4.26. The maximum absolute atomic E-state index is 11.8. The van der Waals surface area contributed by atoms with Crippen molar-refractivity contribution in [3.8, 4) is 5.75 Å². The van der Waals surface area contributed by atoms with Gasteiger partial charge in [-0.3, -0.25) is 4.79 Å². The maximum atomic E-state index is 11.8. The van der Waals surface area contributed by atoms with Gasteiger partial charge in [-0.1, -0.05) is 60.7 Å². The quantitative estimate of drug-likeness (QED) is 0.627. The van der Waals surface area contributed by atoms with Gasteiger partial charge in [0.2, 0.25) is 0 Å². The molecule has 0 aliphatic carbocycles. The summed E-state index contributed by atoms with van der Waals surface area (Å²) in [4.78, 5) is 11.8. The molecule has 0 saturated heterocycles. The first-order valence-corrected chi connectivity index (χ1v) is 8.46. The van der Waals surface area contributed by atoms with Crippen molar-refractivity contribution in [2.75, 3.05) is 5.73 Å². The molecule has 0 aliphatic rings. The first-order valence-electron chi connectivity index (χ1n) is 8.46. The summed E-state index contributed by atoms with van der Waals surface area (Å²) in [5, 5.41) is 9.68. The molecule has 0 fully saturated rings. The Labute approximate surface area is 152 Å². The van der Waals surface area contributed by atoms with Crippen LogP contribution in [-0.4, -0.2) is 11.1 Å². The van der Waals surface area contributed by atoms with E-state index in [-0.39, 0.29) is 0 Å². The highest BCUT2D eigenvalue weighted by atomic mass is 16.5. The van der Waals surface area contributed by atoms with E-state index < -0.39 is 11.9 Å². The Morgan fingerprint density at radius 3 is 2.27 bits per heavy atom. The third-order valence-corrected chi connectivity index (χ3v) is 4.27. The number of hydrogen-bond donors (Lipinski definition) is 2. The van der Waals surface area contributed by atoms with Crippen molar-refractivity contribution in [1.82, 2.24) is 0 Å². The van der Waals surface area contributed by atoms with Gasteiger partial charge in [-0.05, 0) is 41.3 Å². The predicted molar refractivity (Wildman–Crippen MR) is 102 cm³/mol. The van der Waals surface area contributed by atoms with E-state index in [1.807, 2.05) is 54.6 Å². The molecule has 3 aromatic rings. The summed E-state index contributed by atoms with van der Waals surface area (Å²) < 4.78 is 5.95. The van der Waals surface area contributed by atoms with Gasteiger partial charge in [0.25, 0.3) is 0 Å². The molecular weight excluding hydrogens is 326 g/mol. The Morgan fingerprint density at radius 1 is 0.923 bits per heavy atom. The summed E-state index contributed by atoms with van der Waals surface area (Å²) in [7, 11) is 0. The second-order valence-electron chi connectivity index (χ2n) is 6.14. The first kappa shape index (κ1) is 17.5. The van der Waals surface area contributed by atoms with Crippen LogP contribution in [0, 0.1) is 0 Å². The molecule has 1 unspecified atom stereocenters. The number of nitrogen functional groups attached to an aromatic ring is 1. The van der Waals surface area contributed by atoms with E-state index in [4.69, 9.17) is 10.5 Å². The number of anilines is 1. The van der Waals surface area contributed by atoms with Gasteiger partial charge < -0.3 is 15.6 Å². The summed E-state index contributed by atoms with van der Waals surface area (Å²) >= 11 is 0. The Balaban J connectivity index is 1.79. The monoisotopic (exact) mass is 347 g/mol. The molecule has 0 amide bonds. The third-order valence-electron chi connectivity index (χ3n) is 4.27. The van der Waals surface area contributed by atoms with Crippen LogP contribution < -0.4 is 10.5 Å². The molecule has 4 heteroatoms. The number of benzene rings is 3. The van der Waals surface area contributed by atoms with Gasteiger partial charge in [-0.25, -0.2) is 0 Å². The summed E-state index contributed by atoms with van der Waals surface area (Å²) in [6.07, 6.45) is 0.351. The number of rotatable bonds is 7. The largest absolute Gasteiger partial charge is 0.489 e. The van der Waals surface area contributed by atoms with Crippen LogP contribution in [0.3, 0.4) is 0 Å². The van der Waals surface area contributed by atoms with Gasteiger partial charge in [-0.2, -0.15) is 0 Å². The zero-order valence-electron chi connectivity index (χ0n) is 14.3. The Bertz CT molecular complexity index is 860. The van der Waals surface area contributed by atoms with Crippen molar-refractivity contribution in [2.45, 2.75) is 18.9 Å². The number of carboxylic acid groups (broad SMARTS) is 1. The zero-order valence-corrected chi connectivity index (χ0v) is 14.3. The van der Waals surface area contributed by atoms with Crippen molar-refractivity contribution in [3.05, 3.63) is 95.6 Å². The van der Waals surface area contributed by atoms with Crippen molar-refractivity contribution < 1.29 is 14.6 Å². The molecule has 26 heavy (non-hydrogen) atoms. The smallest absolute Gasteiger partial charge is 0.311 e. The molecular formula is C22H21NO3. The minimum Gasteiger partial charge on any atom is -0.489 e. The van der Waals surface area contributed by atoms with Crippen molar-refractivity contribution >= 4 is 11.7 Å². The fourth-order valence-electron chi connectivity index (χ4n) is 2.84. The number of para-hydroxylation sites is 1. The number of carboxylic acids is 1. The second kappa shape index (κ2) is 8.21. The van der Waals surface area contributed by atoms with Crippen LogP contribution in [0.5, 0.6) is 5.75 Å². The summed E-state index contributed by atoms with van der Waals surface area (Å²) in [5.74, 6) is -0.817. The van der Waals surface area contributed by atoms with E-state index in [1.54, 1.807) is 24.3 Å². The van der Waals surface area contributed by atoms with Gasteiger partial charge in [0, 0.05) is 5.69 Å². The molecule has 0 radical (unpaired) electrons. The molecule has 0 bridgehead atoms. The Hall–Kier alpha value is -3.27. The fraction of sp³-hybridized carbons (Fsp3) is 0.136. The average Bonchev–Trinajstić information content (AvgIpc) is 2.67. The van der Waals surface area contributed by atoms with Crippen LogP contribution in [-0.2, 0) is 17.8 Å². The molecule has 0 spiro atoms. The van der Waals surface area contributed by atoms with Crippen molar-refractivity contribution in [2.24, 2.45) is 0 Å². The van der Waals surface area contributed by atoms with Crippen LogP contribution in [0.4, 0.5) is 5.69 Å². The fourth-order valence-corrected chi connectivity index (χ4v) is 2.84. The van der Waals surface area contributed by atoms with Crippen LogP contribution in [0.15, 0.2) is 78.9 Å². The van der Waals surface area contributed by atoms with Gasteiger partial charge in [0.05, 0.1) is 5.92 Å². The normalized spacial score (nSPS) is 11.7. The lowest BCUT2D eigenvalue weighted by molar-refractivity contribution is -0.138. The minimum absolute atomic E-state index is 0.351. The van der Waals surface area contributed by atoms with Crippen molar-refractivity contribution in [3.63, 3.8) is 0 Å². The number of hydrogen-bond acceptors (Lipinski definition) is 3. The summed E-state index contributed by atoms with van der Waals surface area (Å²) in [6.45, 7) is 0.442. The standard InChI is InChI=1S/C22H21NO3/c23-19-12-10-17(11-13-19)20(22(24)25)14-18-8-4-5-9-21(18)26-15-16-6-2-1-3-7-16/h1-13,20H,14-15,23H2,(H,24,25). The minimum atomic E-state index is -0.868. The molecule has 0 aliphatic heterocycles. The van der Waals surface area contributed by atoms with E-state index in [9.17, 15) is 9.90 Å². The lowest BCUT2D eigenvalue weighted by Gasteiger charge is -2.16. The SMILES string of the molecule is Nc1ccc(C(Cc2ccccc2OCc2ccccc2)C(=O)O)cc1.